The lowest BCUT2D eigenvalue weighted by Crippen LogP contribution is -2.26. The van der Waals surface area contributed by atoms with Gasteiger partial charge in [-0.15, -0.1) is 5.10 Å². The third-order valence-corrected chi connectivity index (χ3v) is 5.47. The standard InChI is InChI=1S/C26H22N4O7/c1-15-6-4-5-7-21(15)24(33)27-19-10-8-18(9-11-19)25-28-29(16(2)31)26(37-25)22-14-20(30(34)35)12-13-23(22)36-17(3)32/h4-14,26H,1-3H3,(H,27,33)/t26-/m0/s1. The fourth-order valence-corrected chi connectivity index (χ4v) is 3.70. The van der Waals surface area contributed by atoms with Crippen molar-refractivity contribution in [2.75, 3.05) is 5.32 Å². The van der Waals surface area contributed by atoms with Gasteiger partial charge in [0.25, 0.3) is 11.6 Å². The molecule has 1 aliphatic rings. The highest BCUT2D eigenvalue weighted by Gasteiger charge is 2.36. The molecule has 0 radical (unpaired) electrons. The second kappa shape index (κ2) is 10.3. The summed E-state index contributed by atoms with van der Waals surface area (Å²) < 4.78 is 11.1. The second-order valence-corrected chi connectivity index (χ2v) is 8.16. The summed E-state index contributed by atoms with van der Waals surface area (Å²) in [5.74, 6) is -1.33. The smallest absolute Gasteiger partial charge is 0.308 e. The largest absolute Gasteiger partial charge is 0.446 e. The average molecular weight is 502 g/mol. The summed E-state index contributed by atoms with van der Waals surface area (Å²) in [6.45, 7) is 4.29. The van der Waals surface area contributed by atoms with Crippen molar-refractivity contribution in [1.29, 1.82) is 0 Å². The first-order valence-corrected chi connectivity index (χ1v) is 11.1. The number of rotatable bonds is 6. The molecule has 1 aliphatic heterocycles. The van der Waals surface area contributed by atoms with Gasteiger partial charge in [0.1, 0.15) is 5.75 Å². The quantitative estimate of drug-likeness (QED) is 0.229. The third-order valence-electron chi connectivity index (χ3n) is 5.47. The monoisotopic (exact) mass is 502 g/mol. The van der Waals surface area contributed by atoms with Gasteiger partial charge >= 0.3 is 5.97 Å². The lowest BCUT2D eigenvalue weighted by molar-refractivity contribution is -0.385. The van der Waals surface area contributed by atoms with E-state index in [-0.39, 0.29) is 28.8 Å². The highest BCUT2D eigenvalue weighted by molar-refractivity contribution is 6.05. The summed E-state index contributed by atoms with van der Waals surface area (Å²) in [5, 5.41) is 19.4. The van der Waals surface area contributed by atoms with Gasteiger partial charge in [0.05, 0.1) is 10.5 Å². The van der Waals surface area contributed by atoms with E-state index in [0.717, 1.165) is 10.6 Å². The molecule has 0 aliphatic carbocycles. The summed E-state index contributed by atoms with van der Waals surface area (Å²) in [7, 11) is 0. The van der Waals surface area contributed by atoms with Gasteiger partial charge in [-0.05, 0) is 48.9 Å². The van der Waals surface area contributed by atoms with Crippen molar-refractivity contribution in [3.8, 4) is 5.75 Å². The number of amides is 2. The van der Waals surface area contributed by atoms with Crippen LogP contribution in [-0.2, 0) is 14.3 Å². The number of non-ortho nitro benzene ring substituents is 1. The first kappa shape index (κ1) is 25.0. The van der Waals surface area contributed by atoms with Crippen molar-refractivity contribution in [1.82, 2.24) is 5.01 Å². The van der Waals surface area contributed by atoms with Crippen LogP contribution in [0.4, 0.5) is 11.4 Å². The Morgan fingerprint density at radius 1 is 1.05 bits per heavy atom. The Balaban J connectivity index is 1.60. The maximum Gasteiger partial charge on any atom is 0.308 e. The lowest BCUT2D eigenvalue weighted by atomic mass is 10.1. The van der Waals surface area contributed by atoms with Crippen molar-refractivity contribution < 1.29 is 28.8 Å². The molecule has 1 heterocycles. The fourth-order valence-electron chi connectivity index (χ4n) is 3.70. The summed E-state index contributed by atoms with van der Waals surface area (Å²) in [6.07, 6.45) is -1.21. The van der Waals surface area contributed by atoms with E-state index in [1.807, 2.05) is 19.1 Å². The Morgan fingerprint density at radius 3 is 2.38 bits per heavy atom. The molecule has 37 heavy (non-hydrogen) atoms. The van der Waals surface area contributed by atoms with Crippen molar-refractivity contribution in [3.05, 3.63) is 99.1 Å². The molecule has 0 saturated carbocycles. The van der Waals surface area contributed by atoms with Crippen molar-refractivity contribution in [3.63, 3.8) is 0 Å². The van der Waals surface area contributed by atoms with E-state index in [9.17, 15) is 24.5 Å². The van der Waals surface area contributed by atoms with Crippen LogP contribution in [-0.4, -0.2) is 33.6 Å². The predicted molar refractivity (Wildman–Crippen MR) is 133 cm³/mol. The number of esters is 1. The van der Waals surface area contributed by atoms with Crippen LogP contribution in [0.3, 0.4) is 0 Å². The van der Waals surface area contributed by atoms with Gasteiger partial charge in [-0.1, -0.05) is 18.2 Å². The number of ether oxygens (including phenoxy) is 2. The van der Waals surface area contributed by atoms with Crippen LogP contribution in [0.15, 0.2) is 71.8 Å². The minimum atomic E-state index is -1.21. The minimum absolute atomic E-state index is 0.0000609. The topological polar surface area (TPSA) is 140 Å². The van der Waals surface area contributed by atoms with E-state index in [1.54, 1.807) is 36.4 Å². The first-order valence-electron chi connectivity index (χ1n) is 11.1. The van der Waals surface area contributed by atoms with Gasteiger partial charge < -0.3 is 14.8 Å². The number of nitrogens with zero attached hydrogens (tertiary/aromatic N) is 3. The number of carbonyl (C=O) groups is 3. The van der Waals surface area contributed by atoms with E-state index >= 15 is 0 Å². The number of nitrogens with one attached hydrogen (secondary N) is 1. The molecule has 3 aromatic rings. The van der Waals surface area contributed by atoms with E-state index in [2.05, 4.69) is 10.4 Å². The van der Waals surface area contributed by atoms with Crippen LogP contribution in [0, 0.1) is 17.0 Å². The summed E-state index contributed by atoms with van der Waals surface area (Å²) in [4.78, 5) is 47.2. The average Bonchev–Trinajstić information content (AvgIpc) is 3.30. The molecule has 0 saturated heterocycles. The number of aryl methyl sites for hydroxylation is 1. The molecule has 0 spiro atoms. The number of benzene rings is 3. The molecular formula is C26H22N4O7. The Bertz CT molecular complexity index is 1430. The van der Waals surface area contributed by atoms with E-state index < -0.39 is 23.0 Å². The molecule has 11 nitrogen and oxygen atoms in total. The summed E-state index contributed by atoms with van der Waals surface area (Å²) in [6, 6.07) is 17.4. The molecule has 0 bridgehead atoms. The van der Waals surface area contributed by atoms with Crippen molar-refractivity contribution >= 4 is 35.1 Å². The maximum absolute atomic E-state index is 12.6. The predicted octanol–water partition coefficient (Wildman–Crippen LogP) is 4.32. The lowest BCUT2D eigenvalue weighted by Gasteiger charge is -2.21. The van der Waals surface area contributed by atoms with Gasteiger partial charge in [0, 0.05) is 42.8 Å². The van der Waals surface area contributed by atoms with Crippen molar-refractivity contribution in [2.45, 2.75) is 27.0 Å². The van der Waals surface area contributed by atoms with Gasteiger partial charge in [-0.2, -0.15) is 5.01 Å². The zero-order chi connectivity index (χ0) is 26.7. The van der Waals surface area contributed by atoms with E-state index in [4.69, 9.17) is 9.47 Å². The van der Waals surface area contributed by atoms with Gasteiger partial charge in [0.2, 0.25) is 18.0 Å². The normalized spacial score (nSPS) is 14.4. The zero-order valence-corrected chi connectivity index (χ0v) is 20.1. The molecule has 2 amide bonds. The highest BCUT2D eigenvalue weighted by Crippen LogP contribution is 2.37. The Labute approximate surface area is 211 Å². The van der Waals surface area contributed by atoms with Crippen LogP contribution in [0.1, 0.15) is 47.1 Å². The SMILES string of the molecule is CC(=O)Oc1ccc([N+](=O)[O-])cc1[C@@H]1OC(c2ccc(NC(=O)c3ccccc3C)cc2)=NN1C(C)=O. The highest BCUT2D eigenvalue weighted by atomic mass is 16.6. The molecular weight excluding hydrogens is 480 g/mol. The number of anilines is 1. The van der Waals surface area contributed by atoms with E-state index in [0.29, 0.717) is 16.8 Å². The molecule has 0 aromatic heterocycles. The van der Waals surface area contributed by atoms with Gasteiger partial charge in [0.15, 0.2) is 0 Å². The molecule has 0 fully saturated rings. The Morgan fingerprint density at radius 2 is 1.76 bits per heavy atom. The van der Waals surface area contributed by atoms with Crippen LogP contribution in [0.5, 0.6) is 5.75 Å². The number of nitro groups is 1. The van der Waals surface area contributed by atoms with Crippen LogP contribution in [0.25, 0.3) is 0 Å². The third kappa shape index (κ3) is 5.45. The molecule has 3 aromatic carbocycles. The second-order valence-electron chi connectivity index (χ2n) is 8.16. The number of hydrazone groups is 1. The van der Waals surface area contributed by atoms with Crippen LogP contribution in [0.2, 0.25) is 0 Å². The van der Waals surface area contributed by atoms with Crippen molar-refractivity contribution in [2.24, 2.45) is 5.10 Å². The molecule has 11 heteroatoms. The molecule has 4 rings (SSSR count). The zero-order valence-electron chi connectivity index (χ0n) is 20.1. The van der Waals surface area contributed by atoms with Crippen LogP contribution >= 0.6 is 0 Å². The first-order chi connectivity index (χ1) is 17.6. The number of nitro benzene ring substituents is 1. The van der Waals surface area contributed by atoms with Gasteiger partial charge in [-0.25, -0.2) is 0 Å². The number of hydrogen-bond donors (Lipinski definition) is 1. The molecule has 188 valence electrons. The summed E-state index contributed by atoms with van der Waals surface area (Å²) >= 11 is 0. The van der Waals surface area contributed by atoms with E-state index in [1.165, 1.54) is 32.0 Å². The molecule has 0 unspecified atom stereocenters. The minimum Gasteiger partial charge on any atom is -0.446 e. The maximum atomic E-state index is 12.6. The fraction of sp³-hybridized carbons (Fsp3) is 0.154. The van der Waals surface area contributed by atoms with Crippen LogP contribution < -0.4 is 10.1 Å². The molecule has 1 N–H and O–H groups in total. The number of carbonyl (C=O) groups excluding carboxylic acids is 3. The van der Waals surface area contributed by atoms with Gasteiger partial charge in [-0.3, -0.25) is 24.5 Å². The summed E-state index contributed by atoms with van der Waals surface area (Å²) in [5.41, 5.74) is 2.22. The molecule has 1 atom stereocenters. The number of hydrogen-bond acceptors (Lipinski definition) is 8. The Kier molecular flexibility index (Phi) is 6.96. The Hall–Kier alpha value is -5.06.